The standard InChI is InChI=1S/C18H22N2O3/c1-3-14(15-8-5-4-6-9-15)12-19-17(21)13(2)20-18(22)16-10-7-11-23-16/h4-11,13-14H,3,12H2,1-2H3,(H,19,21)(H,20,22)/t13-,14?/m0/s1. The van der Waals surface area contributed by atoms with Crippen LogP contribution in [0.3, 0.4) is 0 Å². The van der Waals surface area contributed by atoms with Gasteiger partial charge in [0, 0.05) is 12.5 Å². The van der Waals surface area contributed by atoms with Gasteiger partial charge in [-0.15, -0.1) is 0 Å². The van der Waals surface area contributed by atoms with E-state index in [4.69, 9.17) is 4.42 Å². The molecule has 1 aromatic heterocycles. The van der Waals surface area contributed by atoms with E-state index in [-0.39, 0.29) is 17.6 Å². The lowest BCUT2D eigenvalue weighted by Gasteiger charge is -2.18. The Labute approximate surface area is 136 Å². The van der Waals surface area contributed by atoms with Crippen molar-refractivity contribution >= 4 is 11.8 Å². The molecule has 0 aliphatic carbocycles. The molecule has 0 spiro atoms. The van der Waals surface area contributed by atoms with Gasteiger partial charge in [-0.2, -0.15) is 0 Å². The van der Waals surface area contributed by atoms with E-state index in [1.54, 1.807) is 19.1 Å². The van der Waals surface area contributed by atoms with Crippen molar-refractivity contribution in [3.05, 3.63) is 60.1 Å². The van der Waals surface area contributed by atoms with Crippen LogP contribution in [-0.4, -0.2) is 24.4 Å². The summed E-state index contributed by atoms with van der Waals surface area (Å²) in [5.41, 5.74) is 1.20. The Morgan fingerprint density at radius 3 is 2.48 bits per heavy atom. The van der Waals surface area contributed by atoms with E-state index >= 15 is 0 Å². The van der Waals surface area contributed by atoms with Crippen LogP contribution in [0.2, 0.25) is 0 Å². The molecule has 23 heavy (non-hydrogen) atoms. The van der Waals surface area contributed by atoms with Crippen molar-refractivity contribution in [1.29, 1.82) is 0 Å². The van der Waals surface area contributed by atoms with Gasteiger partial charge in [0.15, 0.2) is 5.76 Å². The Bertz CT molecular complexity index is 623. The minimum atomic E-state index is -0.624. The Hall–Kier alpha value is -2.56. The molecular formula is C18H22N2O3. The van der Waals surface area contributed by atoms with Crippen molar-refractivity contribution in [1.82, 2.24) is 10.6 Å². The predicted molar refractivity (Wildman–Crippen MR) is 88.1 cm³/mol. The molecule has 0 radical (unpaired) electrons. The third-order valence-corrected chi connectivity index (χ3v) is 3.77. The molecule has 5 heteroatoms. The quantitative estimate of drug-likeness (QED) is 0.825. The summed E-state index contributed by atoms with van der Waals surface area (Å²) in [6.45, 7) is 4.28. The maximum Gasteiger partial charge on any atom is 0.287 e. The van der Waals surface area contributed by atoms with Crippen molar-refractivity contribution in [3.63, 3.8) is 0 Å². The molecule has 1 heterocycles. The Morgan fingerprint density at radius 1 is 1.13 bits per heavy atom. The zero-order chi connectivity index (χ0) is 16.7. The first-order valence-corrected chi connectivity index (χ1v) is 7.78. The number of amides is 2. The van der Waals surface area contributed by atoms with Crippen LogP contribution in [0.25, 0.3) is 0 Å². The first-order chi connectivity index (χ1) is 11.1. The van der Waals surface area contributed by atoms with Crippen molar-refractivity contribution in [2.75, 3.05) is 6.54 Å². The first-order valence-electron chi connectivity index (χ1n) is 7.78. The molecule has 2 N–H and O–H groups in total. The third kappa shape index (κ3) is 4.71. The van der Waals surface area contributed by atoms with Crippen LogP contribution < -0.4 is 10.6 Å². The molecule has 0 aliphatic rings. The summed E-state index contributed by atoms with van der Waals surface area (Å²) in [6.07, 6.45) is 2.35. The van der Waals surface area contributed by atoms with Gasteiger partial charge in [-0.3, -0.25) is 9.59 Å². The molecule has 0 aliphatic heterocycles. The summed E-state index contributed by atoms with van der Waals surface area (Å²) in [6, 6.07) is 12.6. The molecule has 5 nitrogen and oxygen atoms in total. The highest BCUT2D eigenvalue weighted by Gasteiger charge is 2.19. The second-order valence-corrected chi connectivity index (χ2v) is 5.43. The summed E-state index contributed by atoms with van der Waals surface area (Å²) >= 11 is 0. The third-order valence-electron chi connectivity index (χ3n) is 3.77. The Morgan fingerprint density at radius 2 is 1.87 bits per heavy atom. The fourth-order valence-corrected chi connectivity index (χ4v) is 2.34. The van der Waals surface area contributed by atoms with Crippen molar-refractivity contribution in [3.8, 4) is 0 Å². The second-order valence-electron chi connectivity index (χ2n) is 5.43. The minimum absolute atomic E-state index is 0.195. The molecule has 0 fully saturated rings. The zero-order valence-corrected chi connectivity index (χ0v) is 13.4. The van der Waals surface area contributed by atoms with Gasteiger partial charge < -0.3 is 15.1 Å². The van der Waals surface area contributed by atoms with Crippen molar-refractivity contribution in [2.45, 2.75) is 32.2 Å². The fourth-order valence-electron chi connectivity index (χ4n) is 2.34. The highest BCUT2D eigenvalue weighted by Crippen LogP contribution is 2.17. The van der Waals surface area contributed by atoms with Gasteiger partial charge in [0.25, 0.3) is 5.91 Å². The average Bonchev–Trinajstić information content (AvgIpc) is 3.10. The van der Waals surface area contributed by atoms with Gasteiger partial charge in [-0.25, -0.2) is 0 Å². The number of hydrogen-bond acceptors (Lipinski definition) is 3. The van der Waals surface area contributed by atoms with E-state index in [9.17, 15) is 9.59 Å². The molecule has 2 aromatic rings. The van der Waals surface area contributed by atoms with Crippen molar-refractivity contribution < 1.29 is 14.0 Å². The maximum atomic E-state index is 12.1. The van der Waals surface area contributed by atoms with Gasteiger partial charge in [0.05, 0.1) is 6.26 Å². The SMILES string of the molecule is CCC(CNC(=O)[C@H](C)NC(=O)c1ccco1)c1ccccc1. The van der Waals surface area contributed by atoms with Crippen LogP contribution in [0.1, 0.15) is 42.3 Å². The average molecular weight is 314 g/mol. The van der Waals surface area contributed by atoms with E-state index in [0.29, 0.717) is 6.54 Å². The van der Waals surface area contributed by atoms with E-state index < -0.39 is 11.9 Å². The number of carbonyl (C=O) groups is 2. The van der Waals surface area contributed by atoms with Gasteiger partial charge in [-0.05, 0) is 31.0 Å². The fraction of sp³-hybridized carbons (Fsp3) is 0.333. The number of rotatable bonds is 7. The van der Waals surface area contributed by atoms with Gasteiger partial charge in [0.2, 0.25) is 5.91 Å². The summed E-state index contributed by atoms with van der Waals surface area (Å²) in [5, 5.41) is 5.52. The summed E-state index contributed by atoms with van der Waals surface area (Å²) < 4.78 is 5.01. The normalized spacial score (nSPS) is 13.1. The highest BCUT2D eigenvalue weighted by atomic mass is 16.3. The Balaban J connectivity index is 1.84. The van der Waals surface area contributed by atoms with Crippen LogP contribution >= 0.6 is 0 Å². The number of carbonyl (C=O) groups excluding carboxylic acids is 2. The number of nitrogens with one attached hydrogen (secondary N) is 2. The lowest BCUT2D eigenvalue weighted by atomic mass is 9.96. The number of furan rings is 1. The first kappa shape index (κ1) is 16.8. The van der Waals surface area contributed by atoms with Crippen LogP contribution in [0.4, 0.5) is 0 Å². The summed E-state index contributed by atoms with van der Waals surface area (Å²) in [7, 11) is 0. The molecule has 122 valence electrons. The number of benzene rings is 1. The zero-order valence-electron chi connectivity index (χ0n) is 13.4. The smallest absolute Gasteiger partial charge is 0.287 e. The minimum Gasteiger partial charge on any atom is -0.459 e. The van der Waals surface area contributed by atoms with Crippen LogP contribution in [-0.2, 0) is 4.79 Å². The number of hydrogen-bond donors (Lipinski definition) is 2. The van der Waals surface area contributed by atoms with E-state index in [2.05, 4.69) is 29.7 Å². The summed E-state index contributed by atoms with van der Waals surface area (Å²) in [4.78, 5) is 24.0. The Kier molecular flexibility index (Phi) is 5.97. The van der Waals surface area contributed by atoms with Crippen LogP contribution in [0.5, 0.6) is 0 Å². The molecule has 0 bridgehead atoms. The molecule has 1 unspecified atom stereocenters. The maximum absolute atomic E-state index is 12.1. The lowest BCUT2D eigenvalue weighted by molar-refractivity contribution is -0.122. The highest BCUT2D eigenvalue weighted by molar-refractivity contribution is 5.95. The van der Waals surface area contributed by atoms with Gasteiger partial charge >= 0.3 is 0 Å². The monoisotopic (exact) mass is 314 g/mol. The lowest BCUT2D eigenvalue weighted by Crippen LogP contribution is -2.45. The molecule has 2 rings (SSSR count). The second kappa shape index (κ2) is 8.17. The van der Waals surface area contributed by atoms with Crippen LogP contribution in [0.15, 0.2) is 53.1 Å². The van der Waals surface area contributed by atoms with E-state index in [0.717, 1.165) is 6.42 Å². The topological polar surface area (TPSA) is 71.3 Å². The summed E-state index contributed by atoms with van der Waals surface area (Å²) in [5.74, 6) is -0.152. The molecular weight excluding hydrogens is 292 g/mol. The van der Waals surface area contributed by atoms with Crippen molar-refractivity contribution in [2.24, 2.45) is 0 Å². The molecule has 2 atom stereocenters. The predicted octanol–water partition coefficient (Wildman–Crippen LogP) is 2.71. The van der Waals surface area contributed by atoms with Crippen LogP contribution in [0, 0.1) is 0 Å². The molecule has 1 aromatic carbocycles. The van der Waals surface area contributed by atoms with E-state index in [1.807, 2.05) is 18.2 Å². The van der Waals surface area contributed by atoms with Gasteiger partial charge in [0.1, 0.15) is 6.04 Å². The molecule has 0 saturated carbocycles. The van der Waals surface area contributed by atoms with Gasteiger partial charge in [-0.1, -0.05) is 37.3 Å². The largest absolute Gasteiger partial charge is 0.459 e. The molecule has 0 saturated heterocycles. The molecule has 2 amide bonds. The van der Waals surface area contributed by atoms with E-state index in [1.165, 1.54) is 11.8 Å².